The highest BCUT2D eigenvalue weighted by Crippen LogP contribution is 2.30. The minimum Gasteiger partial charge on any atom is -0.263 e. The van der Waals surface area contributed by atoms with E-state index in [9.17, 15) is 0 Å². The average Bonchev–Trinajstić information content (AvgIpc) is 2.86. The van der Waals surface area contributed by atoms with E-state index in [-0.39, 0.29) is 0 Å². The summed E-state index contributed by atoms with van der Waals surface area (Å²) in [6, 6.07) is 4.00. The van der Waals surface area contributed by atoms with E-state index in [1.54, 1.807) is 17.5 Å². The van der Waals surface area contributed by atoms with Crippen LogP contribution in [-0.2, 0) is 0 Å². The van der Waals surface area contributed by atoms with Gasteiger partial charge in [0.15, 0.2) is 0 Å². The molecule has 0 saturated carbocycles. The quantitative estimate of drug-likeness (QED) is 0.650. The molecule has 3 aromatic rings. The van der Waals surface area contributed by atoms with Crippen LogP contribution in [0.2, 0.25) is 0 Å². The van der Waals surface area contributed by atoms with Crippen LogP contribution in [0.1, 0.15) is 0 Å². The summed E-state index contributed by atoms with van der Waals surface area (Å²) in [6.07, 6.45) is 3.61. The largest absolute Gasteiger partial charge is 0.263 e. The van der Waals surface area contributed by atoms with Gasteiger partial charge in [0.1, 0.15) is 0 Å². The smallest absolute Gasteiger partial charge is 0.214 e. The van der Waals surface area contributed by atoms with Gasteiger partial charge in [0.25, 0.3) is 0 Å². The second-order valence-corrected chi connectivity index (χ2v) is 3.84. The van der Waals surface area contributed by atoms with E-state index in [1.165, 1.54) is 0 Å². The standard InChI is InChI=1S/C8H5N5S/c1-2-9-4-7-5(1)3-6(14-7)8-10-12-13-11-8/h1-4H,(H,10,11,12,13). The number of nitrogens with zero attached hydrogens (tertiary/aromatic N) is 4. The number of aromatic nitrogens is 5. The highest BCUT2D eigenvalue weighted by Gasteiger charge is 2.07. The number of rotatable bonds is 1. The summed E-state index contributed by atoms with van der Waals surface area (Å²) in [6.45, 7) is 0. The average molecular weight is 203 g/mol. The molecule has 3 heterocycles. The Labute approximate surface area is 82.8 Å². The third-order valence-corrected chi connectivity index (χ3v) is 2.97. The lowest BCUT2D eigenvalue weighted by Gasteiger charge is -1.81. The molecule has 68 valence electrons. The molecule has 14 heavy (non-hydrogen) atoms. The van der Waals surface area contributed by atoms with Gasteiger partial charge >= 0.3 is 0 Å². The molecule has 0 aliphatic rings. The fourth-order valence-electron chi connectivity index (χ4n) is 1.26. The topological polar surface area (TPSA) is 67.3 Å². The Kier molecular flexibility index (Phi) is 1.54. The molecular weight excluding hydrogens is 198 g/mol. The molecule has 5 nitrogen and oxygen atoms in total. The van der Waals surface area contributed by atoms with Gasteiger partial charge in [-0.2, -0.15) is 5.21 Å². The van der Waals surface area contributed by atoms with Gasteiger partial charge < -0.3 is 0 Å². The molecule has 0 unspecified atom stereocenters. The second kappa shape index (κ2) is 2.85. The van der Waals surface area contributed by atoms with E-state index < -0.39 is 0 Å². The van der Waals surface area contributed by atoms with Gasteiger partial charge in [0.05, 0.1) is 9.58 Å². The maximum atomic E-state index is 4.05. The van der Waals surface area contributed by atoms with Crippen molar-refractivity contribution in [3.63, 3.8) is 0 Å². The zero-order valence-corrected chi connectivity index (χ0v) is 7.82. The summed E-state index contributed by atoms with van der Waals surface area (Å²) in [5.41, 5.74) is 0. The number of tetrazole rings is 1. The summed E-state index contributed by atoms with van der Waals surface area (Å²) in [7, 11) is 0. The number of fused-ring (bicyclic) bond motifs is 1. The van der Waals surface area contributed by atoms with E-state index >= 15 is 0 Å². The number of H-pyrrole nitrogens is 1. The van der Waals surface area contributed by atoms with Crippen molar-refractivity contribution in [3.8, 4) is 10.7 Å². The molecule has 0 atom stereocenters. The van der Waals surface area contributed by atoms with Crippen LogP contribution in [0.15, 0.2) is 24.5 Å². The molecule has 0 bridgehead atoms. The highest BCUT2D eigenvalue weighted by molar-refractivity contribution is 7.22. The fraction of sp³-hybridized carbons (Fsp3) is 0. The number of aromatic amines is 1. The van der Waals surface area contributed by atoms with Crippen molar-refractivity contribution in [2.45, 2.75) is 0 Å². The van der Waals surface area contributed by atoms with Crippen molar-refractivity contribution < 1.29 is 0 Å². The molecule has 3 aromatic heterocycles. The van der Waals surface area contributed by atoms with Gasteiger partial charge in [0, 0.05) is 12.4 Å². The summed E-state index contributed by atoms with van der Waals surface area (Å²) < 4.78 is 1.13. The predicted molar refractivity (Wildman–Crippen MR) is 52.8 cm³/mol. The maximum Gasteiger partial charge on any atom is 0.214 e. The van der Waals surface area contributed by atoms with Crippen LogP contribution in [0.25, 0.3) is 20.8 Å². The number of hydrogen-bond acceptors (Lipinski definition) is 5. The molecule has 0 fully saturated rings. The van der Waals surface area contributed by atoms with Gasteiger partial charge in [-0.15, -0.1) is 21.5 Å². The van der Waals surface area contributed by atoms with E-state index in [0.717, 1.165) is 15.0 Å². The number of thiophene rings is 1. The first kappa shape index (κ1) is 7.57. The van der Waals surface area contributed by atoms with Crippen LogP contribution in [0, 0.1) is 0 Å². The van der Waals surface area contributed by atoms with Crippen molar-refractivity contribution in [1.29, 1.82) is 0 Å². The molecule has 0 aromatic carbocycles. The monoisotopic (exact) mass is 203 g/mol. The van der Waals surface area contributed by atoms with Crippen LogP contribution < -0.4 is 0 Å². The van der Waals surface area contributed by atoms with Gasteiger partial charge in [-0.05, 0) is 22.7 Å². The third-order valence-electron chi connectivity index (χ3n) is 1.89. The van der Waals surface area contributed by atoms with E-state index in [0.29, 0.717) is 5.82 Å². The molecule has 0 spiro atoms. The molecule has 0 aliphatic heterocycles. The van der Waals surface area contributed by atoms with Crippen LogP contribution in [-0.4, -0.2) is 25.6 Å². The van der Waals surface area contributed by atoms with Gasteiger partial charge in [-0.25, -0.2) is 0 Å². The van der Waals surface area contributed by atoms with Crippen molar-refractivity contribution in [1.82, 2.24) is 25.6 Å². The molecule has 0 aliphatic carbocycles. The van der Waals surface area contributed by atoms with Gasteiger partial charge in [-0.1, -0.05) is 0 Å². The molecule has 0 amide bonds. The summed E-state index contributed by atoms with van der Waals surface area (Å²) in [5, 5.41) is 15.0. The Balaban J connectivity index is 2.24. The molecule has 3 rings (SSSR count). The minimum absolute atomic E-state index is 0.631. The molecule has 0 radical (unpaired) electrons. The van der Waals surface area contributed by atoms with Gasteiger partial charge in [0.2, 0.25) is 5.82 Å². The first-order valence-corrected chi connectivity index (χ1v) is 4.82. The summed E-state index contributed by atoms with van der Waals surface area (Å²) >= 11 is 1.61. The zero-order valence-electron chi connectivity index (χ0n) is 7.01. The van der Waals surface area contributed by atoms with Crippen molar-refractivity contribution in [3.05, 3.63) is 24.5 Å². The lowest BCUT2D eigenvalue weighted by atomic mass is 10.3. The number of hydrogen-bond donors (Lipinski definition) is 1. The molecule has 6 heteroatoms. The lowest BCUT2D eigenvalue weighted by Crippen LogP contribution is -1.73. The SMILES string of the molecule is c1cc2cc(-c3nn[nH]n3)sc2cn1. The summed E-state index contributed by atoms with van der Waals surface area (Å²) in [4.78, 5) is 5.06. The van der Waals surface area contributed by atoms with Crippen LogP contribution in [0.3, 0.4) is 0 Å². The first-order valence-electron chi connectivity index (χ1n) is 4.01. The Bertz CT molecular complexity index is 523. The normalized spacial score (nSPS) is 10.9. The fourth-order valence-corrected chi connectivity index (χ4v) is 2.22. The predicted octanol–water partition coefficient (Wildman–Crippen LogP) is 1.48. The Hall–Kier alpha value is -1.82. The second-order valence-electron chi connectivity index (χ2n) is 2.76. The van der Waals surface area contributed by atoms with Gasteiger partial charge in [-0.3, -0.25) is 4.98 Å². The molecular formula is C8H5N5S. The lowest BCUT2D eigenvalue weighted by molar-refractivity contribution is 0.881. The molecule has 0 saturated heterocycles. The van der Waals surface area contributed by atoms with Crippen molar-refractivity contribution >= 4 is 21.4 Å². The summed E-state index contributed by atoms with van der Waals surface area (Å²) in [5.74, 6) is 0.631. The Morgan fingerprint density at radius 2 is 2.36 bits per heavy atom. The van der Waals surface area contributed by atoms with Crippen molar-refractivity contribution in [2.24, 2.45) is 0 Å². The molecule has 1 N–H and O–H groups in total. The van der Waals surface area contributed by atoms with Crippen LogP contribution >= 0.6 is 11.3 Å². The van der Waals surface area contributed by atoms with Crippen molar-refractivity contribution in [2.75, 3.05) is 0 Å². The highest BCUT2D eigenvalue weighted by atomic mass is 32.1. The first-order chi connectivity index (χ1) is 6.93. The van der Waals surface area contributed by atoms with E-state index in [4.69, 9.17) is 0 Å². The number of nitrogens with one attached hydrogen (secondary N) is 1. The van der Waals surface area contributed by atoms with E-state index in [2.05, 4.69) is 25.6 Å². The minimum atomic E-state index is 0.631. The van der Waals surface area contributed by atoms with E-state index in [1.807, 2.05) is 18.3 Å². The van der Waals surface area contributed by atoms with Crippen LogP contribution in [0.5, 0.6) is 0 Å². The Morgan fingerprint density at radius 1 is 1.36 bits per heavy atom. The Morgan fingerprint density at radius 3 is 3.14 bits per heavy atom. The van der Waals surface area contributed by atoms with Crippen LogP contribution in [0.4, 0.5) is 0 Å². The number of pyridine rings is 1. The maximum absolute atomic E-state index is 4.05. The third kappa shape index (κ3) is 1.08. The zero-order chi connectivity index (χ0) is 9.38.